The van der Waals surface area contributed by atoms with E-state index in [4.69, 9.17) is 5.73 Å². The highest BCUT2D eigenvalue weighted by atomic mass is 15.0. The molecule has 0 amide bonds. The van der Waals surface area contributed by atoms with E-state index in [1.807, 2.05) is 0 Å². The van der Waals surface area contributed by atoms with E-state index >= 15 is 0 Å². The average Bonchev–Trinajstić information content (AvgIpc) is 2.26. The van der Waals surface area contributed by atoms with Gasteiger partial charge in [0.25, 0.3) is 0 Å². The largest absolute Gasteiger partial charge is 0.329 e. The van der Waals surface area contributed by atoms with Crippen molar-refractivity contribution in [3.05, 3.63) is 0 Å². The Balaban J connectivity index is 2.52. The number of nitrogens with one attached hydrogen (secondary N) is 1. The average molecular weight is 240 g/mol. The number of hydrogen-bond acceptors (Lipinski definition) is 2. The lowest BCUT2D eigenvalue weighted by atomic mass is 9.73. The summed E-state index contributed by atoms with van der Waals surface area (Å²) >= 11 is 0. The molecule has 1 rings (SSSR count). The zero-order chi connectivity index (χ0) is 12.9. The van der Waals surface area contributed by atoms with Gasteiger partial charge in [0.2, 0.25) is 0 Å². The quantitative estimate of drug-likeness (QED) is 0.748. The second-order valence-corrected chi connectivity index (χ2v) is 6.85. The molecule has 1 fully saturated rings. The van der Waals surface area contributed by atoms with Crippen LogP contribution in [0.1, 0.15) is 59.8 Å². The van der Waals surface area contributed by atoms with Crippen molar-refractivity contribution >= 4 is 0 Å². The molecule has 0 saturated heterocycles. The minimum Gasteiger partial charge on any atom is -0.329 e. The van der Waals surface area contributed by atoms with Crippen LogP contribution in [-0.4, -0.2) is 18.6 Å². The van der Waals surface area contributed by atoms with Gasteiger partial charge in [0.15, 0.2) is 0 Å². The van der Waals surface area contributed by atoms with Crippen LogP contribution in [0.15, 0.2) is 0 Å². The van der Waals surface area contributed by atoms with Gasteiger partial charge in [-0.05, 0) is 43.6 Å². The third-order valence-corrected chi connectivity index (χ3v) is 4.03. The molecule has 102 valence electrons. The van der Waals surface area contributed by atoms with Crippen LogP contribution in [0.25, 0.3) is 0 Å². The molecule has 0 aromatic rings. The maximum Gasteiger partial charge on any atom is 0.0306 e. The summed E-state index contributed by atoms with van der Waals surface area (Å²) in [4.78, 5) is 0. The summed E-state index contributed by atoms with van der Waals surface area (Å²) in [5.74, 6) is 2.41. The van der Waals surface area contributed by atoms with Gasteiger partial charge in [0.1, 0.15) is 0 Å². The Morgan fingerprint density at radius 3 is 2.47 bits per heavy atom. The van der Waals surface area contributed by atoms with Crippen molar-refractivity contribution in [2.75, 3.05) is 13.1 Å². The Morgan fingerprint density at radius 2 is 1.94 bits per heavy atom. The van der Waals surface area contributed by atoms with Crippen molar-refractivity contribution in [2.45, 2.75) is 65.3 Å². The molecule has 17 heavy (non-hydrogen) atoms. The van der Waals surface area contributed by atoms with E-state index in [0.717, 1.165) is 24.9 Å². The predicted molar refractivity (Wildman–Crippen MR) is 76.0 cm³/mol. The third kappa shape index (κ3) is 4.97. The van der Waals surface area contributed by atoms with E-state index < -0.39 is 0 Å². The van der Waals surface area contributed by atoms with Gasteiger partial charge < -0.3 is 11.1 Å². The topological polar surface area (TPSA) is 38.0 Å². The second kappa shape index (κ2) is 6.75. The normalized spacial score (nSPS) is 30.2. The summed E-state index contributed by atoms with van der Waals surface area (Å²) in [7, 11) is 0. The van der Waals surface area contributed by atoms with Crippen LogP contribution in [0.4, 0.5) is 0 Å². The lowest BCUT2D eigenvalue weighted by molar-refractivity contribution is 0.164. The maximum absolute atomic E-state index is 6.05. The summed E-state index contributed by atoms with van der Waals surface area (Å²) in [6, 6.07) is 0. The van der Waals surface area contributed by atoms with E-state index in [1.165, 1.54) is 32.1 Å². The molecule has 1 saturated carbocycles. The van der Waals surface area contributed by atoms with E-state index in [-0.39, 0.29) is 5.54 Å². The fourth-order valence-corrected chi connectivity index (χ4v) is 3.19. The lowest BCUT2D eigenvalue weighted by Crippen LogP contribution is -2.55. The molecular weight excluding hydrogens is 208 g/mol. The summed E-state index contributed by atoms with van der Waals surface area (Å²) in [5.41, 5.74) is 6.29. The van der Waals surface area contributed by atoms with Crippen molar-refractivity contribution in [1.82, 2.24) is 5.32 Å². The summed E-state index contributed by atoms with van der Waals surface area (Å²) in [6.45, 7) is 11.1. The molecule has 0 bridgehead atoms. The van der Waals surface area contributed by atoms with E-state index in [9.17, 15) is 0 Å². The summed E-state index contributed by atoms with van der Waals surface area (Å²) in [5, 5.41) is 3.76. The smallest absolute Gasteiger partial charge is 0.0306 e. The van der Waals surface area contributed by atoms with Crippen LogP contribution in [0, 0.1) is 17.8 Å². The number of nitrogens with two attached hydrogens (primary N) is 1. The van der Waals surface area contributed by atoms with Crippen molar-refractivity contribution in [3.63, 3.8) is 0 Å². The second-order valence-electron chi connectivity index (χ2n) is 6.85. The highest BCUT2D eigenvalue weighted by molar-refractivity contribution is 4.94. The van der Waals surface area contributed by atoms with Gasteiger partial charge in [-0.25, -0.2) is 0 Å². The Morgan fingerprint density at radius 1 is 1.24 bits per heavy atom. The highest BCUT2D eigenvalue weighted by Crippen LogP contribution is 2.35. The molecule has 0 aromatic carbocycles. The minimum absolute atomic E-state index is 0.238. The first-order valence-electron chi connectivity index (χ1n) is 7.42. The molecule has 1 aliphatic carbocycles. The van der Waals surface area contributed by atoms with Crippen LogP contribution in [0.5, 0.6) is 0 Å². The molecule has 0 spiro atoms. The summed E-state index contributed by atoms with van der Waals surface area (Å²) in [6.07, 6.45) is 6.67. The first kappa shape index (κ1) is 15.0. The molecule has 2 nitrogen and oxygen atoms in total. The molecule has 2 heteroatoms. The van der Waals surface area contributed by atoms with Crippen molar-refractivity contribution in [3.8, 4) is 0 Å². The van der Waals surface area contributed by atoms with Crippen LogP contribution < -0.4 is 11.1 Å². The maximum atomic E-state index is 6.05. The van der Waals surface area contributed by atoms with Gasteiger partial charge in [-0.2, -0.15) is 0 Å². The molecule has 0 aromatic heterocycles. The zero-order valence-electron chi connectivity index (χ0n) is 12.3. The Labute approximate surface area is 108 Å². The fourth-order valence-electron chi connectivity index (χ4n) is 3.19. The van der Waals surface area contributed by atoms with Crippen molar-refractivity contribution in [2.24, 2.45) is 23.5 Å². The zero-order valence-corrected chi connectivity index (χ0v) is 12.3. The molecule has 1 aliphatic rings. The van der Waals surface area contributed by atoms with E-state index in [0.29, 0.717) is 5.92 Å². The van der Waals surface area contributed by atoms with Crippen LogP contribution in [0.2, 0.25) is 0 Å². The number of rotatable bonds is 6. The van der Waals surface area contributed by atoms with Crippen LogP contribution in [0.3, 0.4) is 0 Å². The molecular formula is C15H32N2. The van der Waals surface area contributed by atoms with Crippen LogP contribution >= 0.6 is 0 Å². The van der Waals surface area contributed by atoms with Gasteiger partial charge in [0, 0.05) is 12.1 Å². The molecule has 0 heterocycles. The van der Waals surface area contributed by atoms with Crippen LogP contribution in [-0.2, 0) is 0 Å². The standard InChI is InChI=1S/C15H32N2/c1-12(2)8-14-6-5-7-15(9-14,11-16)17-10-13(3)4/h12-14,17H,5-11,16H2,1-4H3. The van der Waals surface area contributed by atoms with Crippen molar-refractivity contribution < 1.29 is 0 Å². The molecule has 0 radical (unpaired) electrons. The third-order valence-electron chi connectivity index (χ3n) is 4.03. The predicted octanol–water partition coefficient (Wildman–Crippen LogP) is 3.17. The van der Waals surface area contributed by atoms with Gasteiger partial charge >= 0.3 is 0 Å². The van der Waals surface area contributed by atoms with Gasteiger partial charge in [-0.3, -0.25) is 0 Å². The first-order chi connectivity index (χ1) is 7.97. The van der Waals surface area contributed by atoms with Gasteiger partial charge in [-0.15, -0.1) is 0 Å². The lowest BCUT2D eigenvalue weighted by Gasteiger charge is -2.42. The van der Waals surface area contributed by atoms with E-state index in [2.05, 4.69) is 33.0 Å². The van der Waals surface area contributed by atoms with E-state index in [1.54, 1.807) is 0 Å². The summed E-state index contributed by atoms with van der Waals surface area (Å²) < 4.78 is 0. The Bertz CT molecular complexity index is 213. The minimum atomic E-state index is 0.238. The monoisotopic (exact) mass is 240 g/mol. The molecule has 3 N–H and O–H groups in total. The van der Waals surface area contributed by atoms with Gasteiger partial charge in [0.05, 0.1) is 0 Å². The Hall–Kier alpha value is -0.0800. The highest BCUT2D eigenvalue weighted by Gasteiger charge is 2.34. The molecule has 0 aliphatic heterocycles. The van der Waals surface area contributed by atoms with Gasteiger partial charge in [-0.1, -0.05) is 40.5 Å². The molecule has 2 unspecified atom stereocenters. The number of hydrogen-bond donors (Lipinski definition) is 2. The van der Waals surface area contributed by atoms with Crippen molar-refractivity contribution in [1.29, 1.82) is 0 Å². The SMILES string of the molecule is CC(C)CNC1(CN)CCCC(CC(C)C)C1. The Kier molecular flexibility index (Phi) is 5.94. The molecule has 2 atom stereocenters. The fraction of sp³-hybridized carbons (Fsp3) is 1.00. The first-order valence-corrected chi connectivity index (χ1v) is 7.42.